The topological polar surface area (TPSA) is 208 Å². The molecular formula is C62H80N6O11S2. The van der Waals surface area contributed by atoms with Crippen LogP contribution in [0.1, 0.15) is 119 Å². The number of likely N-dealkylation sites (tertiary alicyclic amines) is 1. The molecule has 1 aliphatic heterocycles. The van der Waals surface area contributed by atoms with Gasteiger partial charge in [-0.1, -0.05) is 76.9 Å². The number of imidazole rings is 1. The largest absolute Gasteiger partial charge is 0.493 e. The third kappa shape index (κ3) is 16.4. The van der Waals surface area contributed by atoms with E-state index in [0.29, 0.717) is 72.7 Å². The van der Waals surface area contributed by atoms with Crippen LogP contribution in [0.3, 0.4) is 0 Å². The zero-order valence-electron chi connectivity index (χ0n) is 48.3. The van der Waals surface area contributed by atoms with Crippen molar-refractivity contribution in [3.8, 4) is 33.4 Å². The third-order valence-electron chi connectivity index (χ3n) is 14.5. The van der Waals surface area contributed by atoms with Gasteiger partial charge < -0.3 is 39.8 Å². The number of sulfone groups is 1. The minimum Gasteiger partial charge on any atom is -0.493 e. The van der Waals surface area contributed by atoms with E-state index < -0.39 is 45.1 Å². The fourth-order valence-corrected chi connectivity index (χ4v) is 12.3. The first kappa shape index (κ1) is 61.8. The highest BCUT2D eigenvalue weighted by Gasteiger charge is 2.44. The Hall–Kier alpha value is -6.80. The molecule has 3 amide bonds. The number of benzene rings is 4. The van der Waals surface area contributed by atoms with E-state index >= 15 is 0 Å². The molecule has 0 bridgehead atoms. The molecule has 7 rings (SSSR count). The number of thiophene rings is 1. The SMILES string of the molecule is CCCOc1cc(OCCCCN(C)C)cc(Oc2cc3c(cc2CS(=O)(=O)c2cccc(C(=O)CCCCCCC(=O)N[C@H](C(=O)N4C[C@H](O)C[C@H]4C(=O)NCc4ccc(-c5sccc5C)cc4)C(C)(C)C)c2)n(C)c(=O)n3C)c1. The summed E-state index contributed by atoms with van der Waals surface area (Å²) in [7, 11) is 3.22. The molecule has 2 aromatic heterocycles. The number of Topliss-reactive ketones (excluding diaryl/α,β-unsaturated/α-hetero) is 1. The van der Waals surface area contributed by atoms with Crippen molar-refractivity contribution in [3.05, 3.63) is 123 Å². The Bertz CT molecular complexity index is 3340. The van der Waals surface area contributed by atoms with Crippen molar-refractivity contribution in [2.45, 2.75) is 134 Å². The first-order chi connectivity index (χ1) is 38.5. The first-order valence-electron chi connectivity index (χ1n) is 28.0. The Labute approximate surface area is 480 Å². The van der Waals surface area contributed by atoms with Crippen LogP contribution in [0.2, 0.25) is 0 Å². The van der Waals surface area contributed by atoms with Gasteiger partial charge in [-0.2, -0.15) is 0 Å². The fourth-order valence-electron chi connectivity index (χ4n) is 9.94. The van der Waals surface area contributed by atoms with Crippen LogP contribution < -0.4 is 30.5 Å². The van der Waals surface area contributed by atoms with Crippen LogP contribution in [0.5, 0.6) is 23.0 Å². The Morgan fingerprint density at radius 2 is 1.49 bits per heavy atom. The number of aliphatic hydroxyl groups excluding tert-OH is 1. The number of ketones is 1. The number of hydrogen-bond donors (Lipinski definition) is 3. The lowest BCUT2D eigenvalue weighted by molar-refractivity contribution is -0.144. The summed E-state index contributed by atoms with van der Waals surface area (Å²) in [4.78, 5) is 72.4. The summed E-state index contributed by atoms with van der Waals surface area (Å²) in [6.07, 6.45) is 4.33. The first-order valence-corrected chi connectivity index (χ1v) is 30.5. The quantitative estimate of drug-likeness (QED) is 0.0310. The Kier molecular flexibility index (Phi) is 21.2. The molecular weight excluding hydrogens is 1070 g/mol. The van der Waals surface area contributed by atoms with Crippen LogP contribution in [0.4, 0.5) is 0 Å². The van der Waals surface area contributed by atoms with Crippen LogP contribution in [-0.4, -0.2) is 115 Å². The molecule has 81 heavy (non-hydrogen) atoms. The molecule has 0 aliphatic carbocycles. The van der Waals surface area contributed by atoms with Crippen LogP contribution in [0.15, 0.2) is 100.0 Å². The lowest BCUT2D eigenvalue weighted by Gasteiger charge is -2.35. The molecule has 1 saturated heterocycles. The summed E-state index contributed by atoms with van der Waals surface area (Å²) >= 11 is 1.67. The van der Waals surface area contributed by atoms with Gasteiger partial charge in [0.05, 0.1) is 41.0 Å². The molecule has 3 N–H and O–H groups in total. The average molecular weight is 1150 g/mol. The van der Waals surface area contributed by atoms with E-state index in [4.69, 9.17) is 14.2 Å². The van der Waals surface area contributed by atoms with E-state index in [-0.39, 0.29) is 71.8 Å². The highest BCUT2D eigenvalue weighted by molar-refractivity contribution is 7.90. The van der Waals surface area contributed by atoms with E-state index in [1.165, 1.54) is 36.6 Å². The standard InChI is InChI=1S/C62H80N6O11S2/c1-10-28-77-47-34-48(78-29-16-15-27-65(6)7)36-49(35-47)79-55-37-52-51(66(8)61(74)67(52)9)32-45(55)40-81(75,76)50-19-17-18-44(31-50)54(70)20-13-11-12-14-21-56(71)64-58(62(3,4)5)60(73)68-39-46(69)33-53(68)59(72)63-38-42-22-24-43(25-23-42)57-41(2)26-30-80-57/h17-19,22-26,30-32,34-37,46,53,58,69H,10-16,20-21,27-29,33,38-40H2,1-9H3,(H,63,72)(H,64,71)/t46-,53+,58-/m1/s1. The summed E-state index contributed by atoms with van der Waals surface area (Å²) in [5.41, 5.74) is 3.82. The van der Waals surface area contributed by atoms with E-state index in [9.17, 15) is 37.5 Å². The molecule has 6 aromatic rings. The minimum atomic E-state index is -4.09. The van der Waals surface area contributed by atoms with Gasteiger partial charge in [-0.25, -0.2) is 13.2 Å². The van der Waals surface area contributed by atoms with Gasteiger partial charge in [-0.3, -0.25) is 28.3 Å². The van der Waals surface area contributed by atoms with Crippen LogP contribution in [-0.2, 0) is 50.6 Å². The molecule has 3 atom stereocenters. The van der Waals surface area contributed by atoms with Gasteiger partial charge in [0, 0.05) is 86.7 Å². The number of carbonyl (C=O) groups is 4. The lowest BCUT2D eigenvalue weighted by atomic mass is 9.85. The van der Waals surface area contributed by atoms with Crippen molar-refractivity contribution >= 4 is 55.7 Å². The molecule has 0 radical (unpaired) electrons. The van der Waals surface area contributed by atoms with Crippen molar-refractivity contribution in [1.82, 2.24) is 29.6 Å². The number of aryl methyl sites for hydroxylation is 3. The molecule has 436 valence electrons. The van der Waals surface area contributed by atoms with E-state index in [1.807, 2.05) is 66.1 Å². The van der Waals surface area contributed by atoms with Gasteiger partial charge in [-0.05, 0) is 111 Å². The van der Waals surface area contributed by atoms with E-state index in [2.05, 4.69) is 33.9 Å². The Balaban J connectivity index is 0.925. The number of amides is 3. The van der Waals surface area contributed by atoms with Crippen LogP contribution in [0, 0.1) is 12.3 Å². The summed E-state index contributed by atoms with van der Waals surface area (Å²) in [5.74, 6) is -0.202. The maximum absolute atomic E-state index is 14.3. The minimum absolute atomic E-state index is 0.0274. The third-order valence-corrected chi connectivity index (χ3v) is 17.3. The predicted molar refractivity (Wildman–Crippen MR) is 317 cm³/mol. The zero-order chi connectivity index (χ0) is 58.6. The zero-order valence-corrected chi connectivity index (χ0v) is 50.0. The molecule has 0 spiro atoms. The molecule has 17 nitrogen and oxygen atoms in total. The van der Waals surface area contributed by atoms with Crippen molar-refractivity contribution < 1.29 is 46.9 Å². The summed E-state index contributed by atoms with van der Waals surface area (Å²) < 4.78 is 50.2. The molecule has 0 saturated carbocycles. The van der Waals surface area contributed by atoms with Crippen LogP contribution >= 0.6 is 11.3 Å². The monoisotopic (exact) mass is 1150 g/mol. The van der Waals surface area contributed by atoms with Gasteiger partial charge in [0.2, 0.25) is 17.7 Å². The van der Waals surface area contributed by atoms with Gasteiger partial charge in [-0.15, -0.1) is 11.3 Å². The lowest BCUT2D eigenvalue weighted by Crippen LogP contribution is -2.57. The summed E-state index contributed by atoms with van der Waals surface area (Å²) in [6, 6.07) is 22.8. The molecule has 0 unspecified atom stereocenters. The van der Waals surface area contributed by atoms with Gasteiger partial charge in [0.25, 0.3) is 0 Å². The number of nitrogens with zero attached hydrogens (tertiary/aromatic N) is 4. The van der Waals surface area contributed by atoms with Gasteiger partial charge in [0.1, 0.15) is 35.1 Å². The maximum atomic E-state index is 14.3. The van der Waals surface area contributed by atoms with Crippen molar-refractivity contribution in [1.29, 1.82) is 0 Å². The van der Waals surface area contributed by atoms with Crippen molar-refractivity contribution in [3.63, 3.8) is 0 Å². The van der Waals surface area contributed by atoms with E-state index in [0.717, 1.165) is 36.9 Å². The summed E-state index contributed by atoms with van der Waals surface area (Å²) in [5, 5.41) is 18.6. The number of unbranched alkanes of at least 4 members (excludes halogenated alkanes) is 4. The number of nitrogens with one attached hydrogen (secondary N) is 2. The second-order valence-corrected chi connectivity index (χ2v) is 25.4. The van der Waals surface area contributed by atoms with Crippen molar-refractivity contribution in [2.75, 3.05) is 40.4 Å². The highest BCUT2D eigenvalue weighted by Crippen LogP contribution is 2.37. The number of aliphatic hydroxyl groups is 1. The normalized spacial score (nSPS) is 15.0. The molecule has 1 aliphatic rings. The second-order valence-electron chi connectivity index (χ2n) is 22.5. The highest BCUT2D eigenvalue weighted by atomic mass is 32.2. The van der Waals surface area contributed by atoms with Gasteiger partial charge >= 0.3 is 5.69 Å². The fraction of sp³-hybridized carbons (Fsp3) is 0.468. The number of β-amino-alcohol motifs (C(OH)–C–C–N with tert-alkyl or cyclic N) is 1. The summed E-state index contributed by atoms with van der Waals surface area (Å²) in [6.45, 7) is 11.7. The smallest absolute Gasteiger partial charge is 0.328 e. The van der Waals surface area contributed by atoms with Crippen LogP contribution in [0.25, 0.3) is 21.5 Å². The number of carbonyl (C=O) groups excluding carboxylic acids is 4. The predicted octanol–water partition coefficient (Wildman–Crippen LogP) is 9.52. The molecule has 19 heteroatoms. The number of hydrogen-bond acceptors (Lipinski definition) is 13. The van der Waals surface area contributed by atoms with Gasteiger partial charge in [0.15, 0.2) is 15.6 Å². The second kappa shape index (κ2) is 27.8. The number of fused-ring (bicyclic) bond motifs is 1. The molecule has 3 heterocycles. The molecule has 1 fully saturated rings. The number of aromatic nitrogens is 2. The number of rotatable bonds is 28. The maximum Gasteiger partial charge on any atom is 0.328 e. The molecule has 4 aromatic carbocycles. The Morgan fingerprint density at radius 1 is 0.827 bits per heavy atom. The average Bonchev–Trinajstić information content (AvgIpc) is 4.16. The van der Waals surface area contributed by atoms with Crippen molar-refractivity contribution in [2.24, 2.45) is 19.5 Å². The Morgan fingerprint density at radius 3 is 2.15 bits per heavy atom. The number of ether oxygens (including phenoxy) is 3. The van der Waals surface area contributed by atoms with E-state index in [1.54, 1.807) is 67.9 Å².